The third-order valence-electron chi connectivity index (χ3n) is 18.8. The number of aliphatic carboxylic acids is 5. The zero-order chi connectivity index (χ0) is 83.1. The Morgan fingerprint density at radius 1 is 0.605 bits per heavy atom. The Hall–Kier alpha value is -10.8. The van der Waals surface area contributed by atoms with Gasteiger partial charge < -0.3 is 98.9 Å². The van der Waals surface area contributed by atoms with E-state index in [0.29, 0.717) is 39.6 Å². The molecule has 11 atom stereocenters. The third kappa shape index (κ3) is 29.0. The van der Waals surface area contributed by atoms with Crippen LogP contribution in [0.1, 0.15) is 73.9 Å². The number of oxime groups is 1. The minimum Gasteiger partial charge on any atom is -0.508 e. The molecule has 618 valence electrons. The highest BCUT2D eigenvalue weighted by atomic mass is 33.1. The molecule has 4 aromatic carbocycles. The number of aliphatic hydroxyl groups excluding tert-OH is 2. The van der Waals surface area contributed by atoms with Gasteiger partial charge in [-0.25, -0.2) is 4.79 Å². The van der Waals surface area contributed by atoms with E-state index in [0.717, 1.165) is 35.4 Å². The lowest BCUT2D eigenvalue weighted by molar-refractivity contribution is -0.145. The summed E-state index contributed by atoms with van der Waals surface area (Å²) in [6.07, 6.45) is -2.00. The number of phenols is 1. The third-order valence-corrected chi connectivity index (χ3v) is 21.2. The molecule has 3 unspecified atom stereocenters. The van der Waals surface area contributed by atoms with Gasteiger partial charge in [-0.1, -0.05) is 112 Å². The van der Waals surface area contributed by atoms with Crippen LogP contribution in [-0.2, 0) is 86.4 Å². The van der Waals surface area contributed by atoms with Gasteiger partial charge >= 0.3 is 29.8 Å². The van der Waals surface area contributed by atoms with Crippen molar-refractivity contribution in [1.82, 2.24) is 67.1 Å². The molecule has 5 aromatic rings. The molecule has 2 aliphatic rings. The maximum atomic E-state index is 15.3. The minimum absolute atomic E-state index is 0.00139. The lowest BCUT2D eigenvalue weighted by Gasteiger charge is -2.35. The number of benzene rings is 4. The molecule has 37 nitrogen and oxygen atoms in total. The van der Waals surface area contributed by atoms with Crippen molar-refractivity contribution in [2.24, 2.45) is 10.9 Å². The number of aliphatic hydroxyl groups is 2. The summed E-state index contributed by atoms with van der Waals surface area (Å²) in [5.41, 5.74) is 8.81. The number of nitrogens with two attached hydrogens (primary N) is 1. The zero-order valence-electron chi connectivity index (χ0n) is 63.0. The van der Waals surface area contributed by atoms with Gasteiger partial charge in [0.2, 0.25) is 41.4 Å². The molecule has 19 N–H and O–H groups in total. The van der Waals surface area contributed by atoms with E-state index in [2.05, 4.69) is 52.7 Å². The molecule has 7 rings (SSSR count). The summed E-state index contributed by atoms with van der Waals surface area (Å²) < 4.78 is 0. The fourth-order valence-corrected chi connectivity index (χ4v) is 15.0. The molecule has 0 radical (unpaired) electrons. The molecule has 39 heteroatoms. The average Bonchev–Trinajstić information content (AvgIpc) is 1.56. The normalized spacial score (nSPS) is 21.0. The molecule has 8 amide bonds. The smallest absolute Gasteiger partial charge is 0.328 e. The van der Waals surface area contributed by atoms with Crippen LogP contribution in [0.2, 0.25) is 0 Å². The number of hydrogen-bond donors (Lipinski definition) is 18. The van der Waals surface area contributed by atoms with Crippen molar-refractivity contribution in [3.63, 3.8) is 0 Å². The molecular weight excluding hydrogens is 1530 g/mol. The number of carbonyl (C=O) groups excluding carboxylic acids is 8. The number of phenolic OH excluding ortho intramolecular Hbond substituents is 1. The SMILES string of the molecule is CC(=NOCC(=O)N[C@H](Cc1ccccc1)C(=O)N[C@H]1CSSC[C@@H](C(=O)N[C@H](C(=O)O)C(C)O)NC(=O)[C@H](C(C)O)NC(=O)[C@H](CCCCN)NC(=O)[C@@H](Cc2c[nH]c3ccccc23)NC(=O)[C@H](Cc2ccc(O)cc2)NC1=O)c1ccc(C(C(=O)O)N2CCN(CC(=O)O)CCN(CC(=O)O)CCN(CC(=O)O)CC2)cc1. The van der Waals surface area contributed by atoms with Crippen LogP contribution in [0.5, 0.6) is 5.75 Å². The summed E-state index contributed by atoms with van der Waals surface area (Å²) in [5, 5.41) is 107. The van der Waals surface area contributed by atoms with Gasteiger partial charge in [0.1, 0.15) is 54.1 Å². The molecule has 2 saturated heterocycles. The van der Waals surface area contributed by atoms with Crippen molar-refractivity contribution in [2.75, 3.05) is 96.6 Å². The minimum atomic E-state index is -1.92. The molecule has 0 saturated carbocycles. The number of aromatic hydroxyl groups is 1. The van der Waals surface area contributed by atoms with E-state index in [9.17, 15) is 88.8 Å². The summed E-state index contributed by atoms with van der Waals surface area (Å²) >= 11 is 0. The van der Waals surface area contributed by atoms with Gasteiger partial charge in [0.25, 0.3) is 5.91 Å². The molecule has 2 fully saturated rings. The lowest BCUT2D eigenvalue weighted by Crippen LogP contribution is -2.62. The standard InChI is InChI=1S/C75H99N15O22S2/c1-43(48-18-20-49(21-19-48)66(75(110)111)90-31-29-88(38-62(97)98)27-25-87(37-61(95)96)26-28-89(30-32-90)39-63(99)100)86-112-40-60(94)78-55(33-46-11-5-4-6-12-46)68(102)82-58-41-113-114-42-59(72(106)85-65(45(3)92)74(108)109)83-73(107)64(44(2)91)84-67(101)54(15-9-10-24-76)79-70(104)57(35-50-36-77-53-14-8-7-13-52(50)53)81-69(103)56(80-71(58)105)34-47-16-22-51(93)23-17-47/h4-8,11-14,16-23,36,44-45,54-59,64-66,77,91-93H,9-10,15,24-35,37-42,76H2,1-3H3,(H,78,94)(H,79,104)(H,80,105)(H,81,103)(H,82,102)(H,83,107)(H,84,101)(H,85,106)(H,95,96)(H,97,98)(H,99,100)(H,108,109)(H,110,111)/t44?,45?,54-,55+,56-,57+,58-,59-,64-,65-,66?/m0/s1. The highest BCUT2D eigenvalue weighted by Gasteiger charge is 2.39. The highest BCUT2D eigenvalue weighted by Crippen LogP contribution is 2.27. The van der Waals surface area contributed by atoms with Crippen LogP contribution in [0.3, 0.4) is 0 Å². The van der Waals surface area contributed by atoms with Crippen molar-refractivity contribution in [2.45, 2.75) is 126 Å². The summed E-state index contributed by atoms with van der Waals surface area (Å²) in [6.45, 7) is 2.46. The molecule has 1 aromatic heterocycles. The monoisotopic (exact) mass is 1630 g/mol. The van der Waals surface area contributed by atoms with E-state index in [4.69, 9.17) is 10.6 Å². The van der Waals surface area contributed by atoms with Crippen molar-refractivity contribution in [1.29, 1.82) is 0 Å². The second-order valence-corrected chi connectivity index (χ2v) is 30.1. The quantitative estimate of drug-likeness (QED) is 0.0101. The van der Waals surface area contributed by atoms with E-state index in [-0.39, 0.29) is 115 Å². The first kappa shape index (κ1) is 90.4. The number of nitrogens with one attached hydrogen (secondary N) is 9. The maximum Gasteiger partial charge on any atom is 0.328 e. The molecular formula is C75H99N15O22S2. The number of unbranched alkanes of at least 4 members (excludes halogenated alkanes) is 1. The number of aromatic nitrogens is 1. The number of H-pyrrole nitrogens is 1. The highest BCUT2D eigenvalue weighted by molar-refractivity contribution is 8.76. The van der Waals surface area contributed by atoms with E-state index >= 15 is 14.4 Å². The number of nitrogens with zero attached hydrogens (tertiary/aromatic N) is 5. The maximum absolute atomic E-state index is 15.3. The predicted octanol–water partition coefficient (Wildman–Crippen LogP) is -1.81. The number of rotatable bonds is 31. The Balaban J connectivity index is 1.19. The Labute approximate surface area is 663 Å². The summed E-state index contributed by atoms with van der Waals surface area (Å²) in [7, 11) is 1.64. The zero-order valence-corrected chi connectivity index (χ0v) is 64.6. The van der Waals surface area contributed by atoms with Crippen molar-refractivity contribution in [3.8, 4) is 5.75 Å². The van der Waals surface area contributed by atoms with Crippen LogP contribution in [0.15, 0.2) is 114 Å². The number of carbonyl (C=O) groups is 13. The lowest BCUT2D eigenvalue weighted by atomic mass is 10.0. The topological polar surface area (TPSA) is 556 Å². The largest absolute Gasteiger partial charge is 0.508 e. The molecule has 0 spiro atoms. The van der Waals surface area contributed by atoms with Gasteiger partial charge in [-0.05, 0) is 92.6 Å². The van der Waals surface area contributed by atoms with Crippen molar-refractivity contribution in [3.05, 3.63) is 137 Å². The van der Waals surface area contributed by atoms with Crippen LogP contribution >= 0.6 is 21.6 Å². The van der Waals surface area contributed by atoms with Crippen LogP contribution in [0, 0.1) is 0 Å². The molecule has 114 heavy (non-hydrogen) atoms. The van der Waals surface area contributed by atoms with Crippen molar-refractivity contribution < 1.29 is 108 Å². The average molecular weight is 1630 g/mol. The van der Waals surface area contributed by atoms with E-state index in [1.807, 2.05) is 0 Å². The van der Waals surface area contributed by atoms with Crippen molar-refractivity contribution >= 4 is 115 Å². The number of carboxylic acid groups (broad SMARTS) is 5. The molecule has 3 heterocycles. The summed E-state index contributed by atoms with van der Waals surface area (Å²) in [6, 6.07) is 12.5. The first-order chi connectivity index (χ1) is 54.4. The fraction of sp³-hybridized carbons (Fsp3) is 0.467. The van der Waals surface area contributed by atoms with Crippen LogP contribution in [0.25, 0.3) is 10.9 Å². The van der Waals surface area contributed by atoms with Gasteiger partial charge in [-0.3, -0.25) is 77.1 Å². The van der Waals surface area contributed by atoms with E-state index in [1.54, 1.807) is 92.5 Å². The molecule has 2 aliphatic heterocycles. The number of hydrogen-bond acceptors (Lipinski definition) is 25. The second kappa shape index (κ2) is 45.2. The van der Waals surface area contributed by atoms with Crippen LogP contribution in [0.4, 0.5) is 0 Å². The van der Waals surface area contributed by atoms with Crippen LogP contribution < -0.4 is 48.3 Å². The van der Waals surface area contributed by atoms with Gasteiger partial charge in [-0.2, -0.15) is 0 Å². The van der Waals surface area contributed by atoms with Gasteiger partial charge in [-0.15, -0.1) is 0 Å². The first-order valence-electron chi connectivity index (χ1n) is 36.7. The Kier molecular flexibility index (Phi) is 35.8. The van der Waals surface area contributed by atoms with Gasteiger partial charge in [0, 0.05) is 100 Å². The van der Waals surface area contributed by atoms with Gasteiger partial charge in [0.05, 0.1) is 37.6 Å². The summed E-state index contributed by atoms with van der Waals surface area (Å²) in [4.78, 5) is 194. The number of fused-ring (bicyclic) bond motifs is 1. The number of carboxylic acids is 5. The van der Waals surface area contributed by atoms with Gasteiger partial charge in [0.15, 0.2) is 12.6 Å². The van der Waals surface area contributed by atoms with E-state index in [1.165, 1.54) is 43.3 Å². The Bertz CT molecular complexity index is 4130. The van der Waals surface area contributed by atoms with E-state index < -0.39 is 175 Å². The predicted molar refractivity (Wildman–Crippen MR) is 417 cm³/mol. The molecule has 0 bridgehead atoms. The fourth-order valence-electron chi connectivity index (χ4n) is 12.6. The summed E-state index contributed by atoms with van der Waals surface area (Å²) in [5.74, 6) is -15.5. The van der Waals surface area contributed by atoms with Crippen LogP contribution in [-0.4, -0.2) is 305 Å². The molecule has 0 aliphatic carbocycles. The Morgan fingerprint density at radius 2 is 1.16 bits per heavy atom. The number of aromatic amines is 1. The number of para-hydroxylation sites is 1. The first-order valence-corrected chi connectivity index (χ1v) is 39.2. The Morgan fingerprint density at radius 3 is 1.73 bits per heavy atom. The number of amides is 8. The second-order valence-electron chi connectivity index (χ2n) is 27.6.